The molecule has 0 radical (unpaired) electrons. The Balaban J connectivity index is 1.63. The van der Waals surface area contributed by atoms with Gasteiger partial charge in [-0.1, -0.05) is 12.1 Å². The van der Waals surface area contributed by atoms with Gasteiger partial charge in [-0.05, 0) is 62.9 Å². The first-order valence-corrected chi connectivity index (χ1v) is 9.00. The van der Waals surface area contributed by atoms with Crippen molar-refractivity contribution in [3.8, 4) is 0 Å². The SMILES string of the molecule is COCc1cccc(C(=O)N[C@@H]2CCC[C@@H](N3CCCC3)[C@@H]2O)c1. The van der Waals surface area contributed by atoms with E-state index in [4.69, 9.17) is 4.74 Å². The lowest BCUT2D eigenvalue weighted by Gasteiger charge is -2.40. The Morgan fingerprint density at radius 3 is 2.83 bits per heavy atom. The Morgan fingerprint density at radius 1 is 1.29 bits per heavy atom. The summed E-state index contributed by atoms with van der Waals surface area (Å²) in [4.78, 5) is 15.0. The predicted molar refractivity (Wildman–Crippen MR) is 92.9 cm³/mol. The molecule has 5 nitrogen and oxygen atoms in total. The third-order valence-corrected chi connectivity index (χ3v) is 5.25. The van der Waals surface area contributed by atoms with E-state index in [1.54, 1.807) is 7.11 Å². The molecule has 0 spiro atoms. The van der Waals surface area contributed by atoms with Crippen LogP contribution in [0.15, 0.2) is 24.3 Å². The average Bonchev–Trinajstić information content (AvgIpc) is 3.11. The molecule has 5 heteroatoms. The van der Waals surface area contributed by atoms with Crippen molar-refractivity contribution in [2.24, 2.45) is 0 Å². The topological polar surface area (TPSA) is 61.8 Å². The van der Waals surface area contributed by atoms with Crippen LogP contribution >= 0.6 is 0 Å². The molecule has 1 saturated carbocycles. The molecule has 3 atom stereocenters. The van der Waals surface area contributed by atoms with Crippen LogP contribution in [0.5, 0.6) is 0 Å². The molecule has 1 heterocycles. The number of benzene rings is 1. The fourth-order valence-corrected chi connectivity index (χ4v) is 4.01. The van der Waals surface area contributed by atoms with Gasteiger partial charge in [0.1, 0.15) is 0 Å². The largest absolute Gasteiger partial charge is 0.389 e. The molecule has 1 aliphatic carbocycles. The van der Waals surface area contributed by atoms with Crippen LogP contribution in [-0.4, -0.2) is 54.3 Å². The van der Waals surface area contributed by atoms with Gasteiger partial charge in [-0.15, -0.1) is 0 Å². The summed E-state index contributed by atoms with van der Waals surface area (Å²) in [7, 11) is 1.64. The minimum absolute atomic E-state index is 0.112. The number of nitrogens with one attached hydrogen (secondary N) is 1. The number of rotatable bonds is 5. The normalized spacial score (nSPS) is 28.0. The quantitative estimate of drug-likeness (QED) is 0.865. The maximum atomic E-state index is 12.6. The van der Waals surface area contributed by atoms with Gasteiger partial charge in [-0.25, -0.2) is 0 Å². The van der Waals surface area contributed by atoms with Crippen LogP contribution in [0, 0.1) is 0 Å². The molecule has 1 amide bonds. The molecule has 2 aliphatic rings. The van der Waals surface area contributed by atoms with Crippen molar-refractivity contribution >= 4 is 5.91 Å². The van der Waals surface area contributed by atoms with E-state index in [0.717, 1.165) is 37.9 Å². The third kappa shape index (κ3) is 3.97. The summed E-state index contributed by atoms with van der Waals surface area (Å²) in [5.74, 6) is -0.112. The number of likely N-dealkylation sites (tertiary alicyclic amines) is 1. The number of hydrogen-bond donors (Lipinski definition) is 2. The highest BCUT2D eigenvalue weighted by atomic mass is 16.5. The van der Waals surface area contributed by atoms with Crippen LogP contribution < -0.4 is 5.32 Å². The molecule has 1 aliphatic heterocycles. The number of methoxy groups -OCH3 is 1. The van der Waals surface area contributed by atoms with E-state index in [2.05, 4.69) is 10.2 Å². The lowest BCUT2D eigenvalue weighted by molar-refractivity contribution is 0.00703. The Bertz CT molecular complexity index is 557. The second-order valence-electron chi connectivity index (χ2n) is 6.95. The third-order valence-electron chi connectivity index (χ3n) is 5.25. The van der Waals surface area contributed by atoms with Crippen molar-refractivity contribution in [2.45, 2.75) is 56.9 Å². The summed E-state index contributed by atoms with van der Waals surface area (Å²) < 4.78 is 5.12. The Labute approximate surface area is 144 Å². The minimum Gasteiger partial charge on any atom is -0.389 e. The number of hydrogen-bond acceptors (Lipinski definition) is 4. The first-order chi connectivity index (χ1) is 11.7. The van der Waals surface area contributed by atoms with Crippen LogP contribution in [0.4, 0.5) is 0 Å². The smallest absolute Gasteiger partial charge is 0.251 e. The molecule has 1 aromatic carbocycles. The van der Waals surface area contributed by atoms with Gasteiger partial charge in [0.25, 0.3) is 5.91 Å². The Morgan fingerprint density at radius 2 is 2.08 bits per heavy atom. The number of amides is 1. The van der Waals surface area contributed by atoms with E-state index >= 15 is 0 Å². The zero-order valence-electron chi connectivity index (χ0n) is 14.4. The van der Waals surface area contributed by atoms with Gasteiger partial charge in [0.05, 0.1) is 18.8 Å². The predicted octanol–water partition coefficient (Wildman–Crippen LogP) is 1.94. The number of carbonyl (C=O) groups excluding carboxylic acids is 1. The van der Waals surface area contributed by atoms with Crippen LogP contribution in [0.2, 0.25) is 0 Å². The van der Waals surface area contributed by atoms with Crippen LogP contribution in [0.1, 0.15) is 48.0 Å². The molecule has 0 unspecified atom stereocenters. The van der Waals surface area contributed by atoms with Crippen LogP contribution in [0.3, 0.4) is 0 Å². The highest BCUT2D eigenvalue weighted by Gasteiger charge is 2.37. The molecule has 3 rings (SSSR count). The fourth-order valence-electron chi connectivity index (χ4n) is 4.01. The van der Waals surface area contributed by atoms with Crippen LogP contribution in [-0.2, 0) is 11.3 Å². The highest BCUT2D eigenvalue weighted by Crippen LogP contribution is 2.26. The maximum Gasteiger partial charge on any atom is 0.251 e. The summed E-state index contributed by atoms with van der Waals surface area (Å²) in [5.41, 5.74) is 1.60. The standard InChI is InChI=1S/C19H28N2O3/c1-24-13-14-6-4-7-15(12-14)19(23)20-16-8-5-9-17(18(16)22)21-10-2-3-11-21/h4,6-7,12,16-18,22H,2-3,5,8-11,13H2,1H3,(H,20,23)/t16-,17-,18-/m1/s1. The summed E-state index contributed by atoms with van der Waals surface area (Å²) >= 11 is 0. The number of aliphatic hydroxyl groups excluding tert-OH is 1. The molecular weight excluding hydrogens is 304 g/mol. The second-order valence-corrected chi connectivity index (χ2v) is 6.95. The second kappa shape index (κ2) is 8.10. The molecule has 1 aromatic rings. The lowest BCUT2D eigenvalue weighted by Crippen LogP contribution is -2.56. The average molecular weight is 332 g/mol. The van der Waals surface area contributed by atoms with E-state index in [0.29, 0.717) is 12.2 Å². The molecule has 24 heavy (non-hydrogen) atoms. The van der Waals surface area contributed by atoms with Gasteiger partial charge in [0, 0.05) is 18.7 Å². The fraction of sp³-hybridized carbons (Fsp3) is 0.632. The lowest BCUT2D eigenvalue weighted by atomic mass is 9.87. The van der Waals surface area contributed by atoms with Crippen molar-refractivity contribution in [2.75, 3.05) is 20.2 Å². The van der Waals surface area contributed by atoms with E-state index in [9.17, 15) is 9.90 Å². The Hall–Kier alpha value is -1.43. The van der Waals surface area contributed by atoms with E-state index in [1.807, 2.05) is 24.3 Å². The molecule has 132 valence electrons. The van der Waals surface area contributed by atoms with Crippen molar-refractivity contribution < 1.29 is 14.6 Å². The number of aliphatic hydroxyl groups is 1. The van der Waals surface area contributed by atoms with E-state index in [-0.39, 0.29) is 18.0 Å². The Kier molecular flexibility index (Phi) is 5.87. The van der Waals surface area contributed by atoms with Crippen molar-refractivity contribution in [3.63, 3.8) is 0 Å². The maximum absolute atomic E-state index is 12.6. The van der Waals surface area contributed by atoms with Gasteiger partial charge in [-0.3, -0.25) is 9.69 Å². The molecule has 0 bridgehead atoms. The summed E-state index contributed by atoms with van der Waals surface area (Å²) in [6, 6.07) is 7.50. The van der Waals surface area contributed by atoms with Gasteiger partial charge in [0.15, 0.2) is 0 Å². The molecule has 0 aromatic heterocycles. The van der Waals surface area contributed by atoms with Crippen LogP contribution in [0.25, 0.3) is 0 Å². The zero-order valence-corrected chi connectivity index (χ0v) is 14.4. The molecule has 2 fully saturated rings. The van der Waals surface area contributed by atoms with Crippen molar-refractivity contribution in [3.05, 3.63) is 35.4 Å². The first kappa shape index (κ1) is 17.4. The summed E-state index contributed by atoms with van der Waals surface area (Å²) in [6.45, 7) is 2.63. The van der Waals surface area contributed by atoms with Crippen molar-refractivity contribution in [1.29, 1.82) is 0 Å². The number of ether oxygens (including phenoxy) is 1. The zero-order chi connectivity index (χ0) is 16.9. The van der Waals surface area contributed by atoms with Crippen molar-refractivity contribution in [1.82, 2.24) is 10.2 Å². The molecule has 1 saturated heterocycles. The van der Waals surface area contributed by atoms with Gasteiger partial charge >= 0.3 is 0 Å². The summed E-state index contributed by atoms with van der Waals surface area (Å²) in [6.07, 6.45) is 4.86. The molecule has 2 N–H and O–H groups in total. The minimum atomic E-state index is -0.483. The van der Waals surface area contributed by atoms with Gasteiger partial charge in [-0.2, -0.15) is 0 Å². The van der Waals surface area contributed by atoms with Gasteiger partial charge < -0.3 is 15.2 Å². The number of carbonyl (C=O) groups is 1. The highest BCUT2D eigenvalue weighted by molar-refractivity contribution is 5.94. The summed E-state index contributed by atoms with van der Waals surface area (Å²) in [5, 5.41) is 13.8. The van der Waals surface area contributed by atoms with Gasteiger partial charge in [0.2, 0.25) is 0 Å². The first-order valence-electron chi connectivity index (χ1n) is 9.00. The van der Waals surface area contributed by atoms with E-state index < -0.39 is 6.10 Å². The van der Waals surface area contributed by atoms with E-state index in [1.165, 1.54) is 12.8 Å². The number of nitrogens with zero attached hydrogens (tertiary/aromatic N) is 1. The molecular formula is C19H28N2O3. The monoisotopic (exact) mass is 332 g/mol.